The molecule has 0 radical (unpaired) electrons. The number of likely N-dealkylation sites (tertiary alicyclic amines) is 1. The van der Waals surface area contributed by atoms with E-state index in [0.29, 0.717) is 17.9 Å². The molecule has 1 saturated heterocycles. The molecule has 4 nitrogen and oxygen atoms in total. The largest absolute Gasteiger partial charge is 0.466 e. The Kier molecular flexibility index (Phi) is 5.82. The first-order valence-corrected chi connectivity index (χ1v) is 9.59. The lowest BCUT2D eigenvalue weighted by atomic mass is 9.99. The third kappa shape index (κ3) is 4.18. The Morgan fingerprint density at radius 3 is 2.58 bits per heavy atom. The van der Waals surface area contributed by atoms with Gasteiger partial charge in [0.1, 0.15) is 11.5 Å². The third-order valence-corrected chi connectivity index (χ3v) is 5.48. The van der Waals surface area contributed by atoms with Crippen molar-refractivity contribution in [2.75, 3.05) is 13.1 Å². The maximum atomic E-state index is 12.6. The maximum Gasteiger partial charge on any atom is 0.255 e. The van der Waals surface area contributed by atoms with Crippen LogP contribution in [0.4, 0.5) is 0 Å². The Morgan fingerprint density at radius 2 is 1.92 bits per heavy atom. The van der Waals surface area contributed by atoms with Crippen LogP contribution in [0.5, 0.6) is 0 Å². The van der Waals surface area contributed by atoms with Gasteiger partial charge in [-0.25, -0.2) is 0 Å². The molecule has 1 aromatic heterocycles. The molecule has 0 bridgehead atoms. The molecule has 1 N–H and O–H groups in total. The summed E-state index contributed by atoms with van der Waals surface area (Å²) in [5.41, 5.74) is 4.09. The first kappa shape index (κ1) is 18.7. The van der Waals surface area contributed by atoms with Gasteiger partial charge in [-0.1, -0.05) is 31.2 Å². The van der Waals surface area contributed by atoms with Gasteiger partial charge in [-0.3, -0.25) is 9.69 Å². The van der Waals surface area contributed by atoms with Crippen LogP contribution in [0.25, 0.3) is 0 Å². The van der Waals surface area contributed by atoms with E-state index in [1.807, 2.05) is 26.8 Å². The molecule has 0 aliphatic carbocycles. The van der Waals surface area contributed by atoms with E-state index in [1.54, 1.807) is 0 Å². The van der Waals surface area contributed by atoms with Crippen LogP contribution in [-0.2, 0) is 13.1 Å². The quantitative estimate of drug-likeness (QED) is 0.867. The van der Waals surface area contributed by atoms with Gasteiger partial charge < -0.3 is 9.73 Å². The normalized spacial score (nSPS) is 18.1. The smallest absolute Gasteiger partial charge is 0.255 e. The Morgan fingerprint density at radius 1 is 1.19 bits per heavy atom. The monoisotopic (exact) mass is 354 g/mol. The number of hydrogen-bond acceptors (Lipinski definition) is 3. The highest BCUT2D eigenvalue weighted by Gasteiger charge is 2.20. The Bertz CT molecular complexity index is 778. The molecule has 140 valence electrons. The van der Waals surface area contributed by atoms with Crippen molar-refractivity contribution in [1.29, 1.82) is 0 Å². The molecule has 1 aromatic carbocycles. The van der Waals surface area contributed by atoms with Crippen LogP contribution < -0.4 is 5.32 Å². The number of carbonyl (C=O) groups is 1. The number of nitrogens with zero attached hydrogens (tertiary/aromatic N) is 1. The highest BCUT2D eigenvalue weighted by atomic mass is 16.3. The number of piperidine rings is 1. The van der Waals surface area contributed by atoms with E-state index < -0.39 is 0 Å². The minimum atomic E-state index is -0.0572. The fourth-order valence-corrected chi connectivity index (χ4v) is 3.95. The van der Waals surface area contributed by atoms with Crippen LogP contribution in [-0.4, -0.2) is 23.9 Å². The molecule has 0 spiro atoms. The minimum Gasteiger partial charge on any atom is -0.466 e. The molecular formula is C22H30N2O2. The summed E-state index contributed by atoms with van der Waals surface area (Å²) in [6.45, 7) is 11.8. The molecule has 2 heterocycles. The summed E-state index contributed by atoms with van der Waals surface area (Å²) in [6.07, 6.45) is 2.61. The fraction of sp³-hybridized carbons (Fsp3) is 0.500. The molecule has 0 saturated carbocycles. The second kappa shape index (κ2) is 8.09. The van der Waals surface area contributed by atoms with Crippen molar-refractivity contribution in [2.45, 2.75) is 53.6 Å². The number of amides is 1. The standard InChI is InChI=1S/C22H30N2O2/c1-15-8-7-11-24(13-15)14-20-10-6-5-9-19(20)12-23-22(25)21-16(2)17(3)26-18(21)4/h5-6,9-10,15H,7-8,11-14H2,1-4H3,(H,23,25)/t15-/m1/s1. The molecule has 1 amide bonds. The SMILES string of the molecule is Cc1oc(C)c(C(=O)NCc2ccccc2CN2CCC[C@@H](C)C2)c1C. The molecule has 0 unspecified atom stereocenters. The summed E-state index contributed by atoms with van der Waals surface area (Å²) >= 11 is 0. The lowest BCUT2D eigenvalue weighted by Gasteiger charge is -2.31. The maximum absolute atomic E-state index is 12.6. The third-order valence-electron chi connectivity index (χ3n) is 5.48. The van der Waals surface area contributed by atoms with Crippen molar-refractivity contribution >= 4 is 5.91 Å². The van der Waals surface area contributed by atoms with Gasteiger partial charge in [0.25, 0.3) is 5.91 Å². The van der Waals surface area contributed by atoms with Crippen molar-refractivity contribution in [3.8, 4) is 0 Å². The summed E-state index contributed by atoms with van der Waals surface area (Å²) in [5, 5.41) is 3.08. The van der Waals surface area contributed by atoms with Gasteiger partial charge in [0.15, 0.2) is 0 Å². The van der Waals surface area contributed by atoms with Crippen molar-refractivity contribution in [1.82, 2.24) is 10.2 Å². The molecule has 2 aromatic rings. The van der Waals surface area contributed by atoms with Crippen molar-refractivity contribution in [3.63, 3.8) is 0 Å². The van der Waals surface area contributed by atoms with Crippen LogP contribution in [0.3, 0.4) is 0 Å². The molecule has 26 heavy (non-hydrogen) atoms. The number of carbonyl (C=O) groups excluding carboxylic acids is 1. The number of furan rings is 1. The van der Waals surface area contributed by atoms with E-state index in [1.165, 1.54) is 24.0 Å². The fourth-order valence-electron chi connectivity index (χ4n) is 3.95. The lowest BCUT2D eigenvalue weighted by molar-refractivity contribution is 0.0948. The van der Waals surface area contributed by atoms with E-state index in [4.69, 9.17) is 4.42 Å². The Balaban J connectivity index is 1.67. The lowest BCUT2D eigenvalue weighted by Crippen LogP contribution is -2.34. The van der Waals surface area contributed by atoms with E-state index in [-0.39, 0.29) is 5.91 Å². The van der Waals surface area contributed by atoms with E-state index in [9.17, 15) is 4.79 Å². The molecule has 4 heteroatoms. The number of rotatable bonds is 5. The summed E-state index contributed by atoms with van der Waals surface area (Å²) in [7, 11) is 0. The predicted octanol–water partition coefficient (Wildman–Crippen LogP) is 4.37. The van der Waals surface area contributed by atoms with Gasteiger partial charge in [0.2, 0.25) is 0 Å². The van der Waals surface area contributed by atoms with E-state index >= 15 is 0 Å². The van der Waals surface area contributed by atoms with Gasteiger partial charge in [-0.05, 0) is 57.2 Å². The van der Waals surface area contributed by atoms with Crippen molar-refractivity contribution in [3.05, 3.63) is 58.0 Å². The van der Waals surface area contributed by atoms with Crippen LogP contribution in [0.15, 0.2) is 28.7 Å². The van der Waals surface area contributed by atoms with Crippen LogP contribution >= 0.6 is 0 Å². The molecular weight excluding hydrogens is 324 g/mol. The van der Waals surface area contributed by atoms with E-state index in [0.717, 1.165) is 36.9 Å². The van der Waals surface area contributed by atoms with Gasteiger partial charge in [0.05, 0.1) is 5.56 Å². The zero-order chi connectivity index (χ0) is 18.7. The topological polar surface area (TPSA) is 45.5 Å². The van der Waals surface area contributed by atoms with Crippen molar-refractivity contribution in [2.24, 2.45) is 5.92 Å². The van der Waals surface area contributed by atoms with Gasteiger partial charge in [-0.15, -0.1) is 0 Å². The predicted molar refractivity (Wildman–Crippen MR) is 104 cm³/mol. The highest BCUT2D eigenvalue weighted by Crippen LogP contribution is 2.22. The average molecular weight is 354 g/mol. The zero-order valence-corrected chi connectivity index (χ0v) is 16.4. The number of hydrogen-bond donors (Lipinski definition) is 1. The summed E-state index contributed by atoms with van der Waals surface area (Å²) in [5.74, 6) is 2.21. The molecule has 1 fully saturated rings. The summed E-state index contributed by atoms with van der Waals surface area (Å²) in [6, 6.07) is 8.42. The summed E-state index contributed by atoms with van der Waals surface area (Å²) < 4.78 is 5.59. The highest BCUT2D eigenvalue weighted by molar-refractivity contribution is 5.96. The molecule has 1 atom stereocenters. The average Bonchev–Trinajstić information content (AvgIpc) is 2.86. The van der Waals surface area contributed by atoms with Crippen molar-refractivity contribution < 1.29 is 9.21 Å². The molecule has 1 aliphatic heterocycles. The van der Waals surface area contributed by atoms with Gasteiger partial charge in [-0.2, -0.15) is 0 Å². The number of aryl methyl sites for hydroxylation is 2. The van der Waals surface area contributed by atoms with Crippen LogP contribution in [0.2, 0.25) is 0 Å². The van der Waals surface area contributed by atoms with E-state index in [2.05, 4.69) is 35.3 Å². The van der Waals surface area contributed by atoms with Gasteiger partial charge >= 0.3 is 0 Å². The first-order valence-electron chi connectivity index (χ1n) is 9.59. The second-order valence-electron chi connectivity index (χ2n) is 7.65. The van der Waals surface area contributed by atoms with Crippen LogP contribution in [0.1, 0.15) is 58.3 Å². The summed E-state index contributed by atoms with van der Waals surface area (Å²) in [4.78, 5) is 15.2. The Labute approximate surface area is 156 Å². The van der Waals surface area contributed by atoms with Gasteiger partial charge in [0, 0.05) is 25.2 Å². The van der Waals surface area contributed by atoms with Crippen LogP contribution in [0, 0.1) is 26.7 Å². The number of benzene rings is 1. The molecule has 3 rings (SSSR count). The Hall–Kier alpha value is -2.07. The number of nitrogens with one attached hydrogen (secondary N) is 1. The molecule has 1 aliphatic rings. The zero-order valence-electron chi connectivity index (χ0n) is 16.4. The minimum absolute atomic E-state index is 0.0572. The first-order chi connectivity index (χ1) is 12.5. The second-order valence-corrected chi connectivity index (χ2v) is 7.65.